The van der Waals surface area contributed by atoms with Gasteiger partial charge >= 0.3 is 0 Å². The molecule has 2 atom stereocenters. The monoisotopic (exact) mass is 333 g/mol. The van der Waals surface area contributed by atoms with Crippen LogP contribution in [0.15, 0.2) is 24.3 Å². The van der Waals surface area contributed by atoms with Crippen molar-refractivity contribution in [2.24, 2.45) is 0 Å². The van der Waals surface area contributed by atoms with Gasteiger partial charge in [-0.15, -0.1) is 0 Å². The van der Waals surface area contributed by atoms with Crippen molar-refractivity contribution in [2.45, 2.75) is 30.7 Å². The standard InChI is InChI=1S/C17H20FN3O3/c1-19-15(23)14-6-13(22)8-21(14)17(16(19)24)9-20(10-17)7-11-3-2-4-12(18)5-11/h2-5,13-14,22H,6-10H2,1H3. The van der Waals surface area contributed by atoms with Crippen LogP contribution in [0.5, 0.6) is 0 Å². The first kappa shape index (κ1) is 15.7. The number of imide groups is 1. The molecule has 0 radical (unpaired) electrons. The number of aliphatic hydroxyl groups is 1. The maximum absolute atomic E-state index is 13.3. The number of hydrogen-bond acceptors (Lipinski definition) is 5. The quantitative estimate of drug-likeness (QED) is 0.761. The molecule has 1 spiro atoms. The summed E-state index contributed by atoms with van der Waals surface area (Å²) in [6, 6.07) is 6.01. The first-order valence-corrected chi connectivity index (χ1v) is 8.14. The van der Waals surface area contributed by atoms with Crippen molar-refractivity contribution in [1.82, 2.24) is 14.7 Å². The summed E-state index contributed by atoms with van der Waals surface area (Å²) in [6.45, 7) is 1.89. The average Bonchev–Trinajstić information content (AvgIpc) is 2.89. The Morgan fingerprint density at radius 3 is 2.79 bits per heavy atom. The van der Waals surface area contributed by atoms with Gasteiger partial charge in [0, 0.05) is 33.2 Å². The first-order chi connectivity index (χ1) is 11.4. The van der Waals surface area contributed by atoms with Gasteiger partial charge in [-0.3, -0.25) is 24.3 Å². The highest BCUT2D eigenvalue weighted by Gasteiger charge is 2.63. The molecule has 2 unspecified atom stereocenters. The second-order valence-electron chi connectivity index (χ2n) is 7.07. The number of β-amino-alcohol motifs (C(OH)–C–C–N with tert-alkyl or cyclic N) is 1. The minimum atomic E-state index is -0.738. The van der Waals surface area contributed by atoms with Crippen LogP contribution in [0, 0.1) is 5.82 Å². The maximum atomic E-state index is 13.3. The van der Waals surface area contributed by atoms with Crippen LogP contribution < -0.4 is 0 Å². The van der Waals surface area contributed by atoms with Crippen molar-refractivity contribution in [1.29, 1.82) is 0 Å². The molecule has 3 saturated heterocycles. The van der Waals surface area contributed by atoms with Crippen LogP contribution in [0.2, 0.25) is 0 Å². The number of carbonyl (C=O) groups is 2. The van der Waals surface area contributed by atoms with Crippen molar-refractivity contribution in [3.63, 3.8) is 0 Å². The number of nitrogens with zero attached hydrogens (tertiary/aromatic N) is 3. The SMILES string of the molecule is CN1C(=O)C2CC(O)CN2C2(CN(Cc3cccc(F)c3)C2)C1=O. The number of amides is 2. The second kappa shape index (κ2) is 5.34. The summed E-state index contributed by atoms with van der Waals surface area (Å²) in [7, 11) is 1.52. The lowest BCUT2D eigenvalue weighted by Crippen LogP contribution is -2.80. The topological polar surface area (TPSA) is 64.1 Å². The number of likely N-dealkylation sites (tertiary alicyclic amines) is 1. The molecule has 0 aliphatic carbocycles. The Labute approximate surface area is 139 Å². The zero-order valence-electron chi connectivity index (χ0n) is 13.5. The van der Waals surface area contributed by atoms with Gasteiger partial charge in [0.15, 0.2) is 0 Å². The molecule has 3 aliphatic rings. The van der Waals surface area contributed by atoms with Gasteiger partial charge in [-0.1, -0.05) is 12.1 Å². The summed E-state index contributed by atoms with van der Waals surface area (Å²) in [5, 5.41) is 9.95. The van der Waals surface area contributed by atoms with Gasteiger partial charge in [0.2, 0.25) is 5.91 Å². The highest BCUT2D eigenvalue weighted by Crippen LogP contribution is 2.40. The zero-order valence-corrected chi connectivity index (χ0v) is 13.5. The molecule has 2 amide bonds. The molecule has 1 aromatic rings. The maximum Gasteiger partial charge on any atom is 0.252 e. The fourth-order valence-corrected chi connectivity index (χ4v) is 4.30. The molecule has 0 aromatic heterocycles. The number of hydrogen-bond donors (Lipinski definition) is 1. The summed E-state index contributed by atoms with van der Waals surface area (Å²) in [5.74, 6) is -0.705. The lowest BCUT2D eigenvalue weighted by atomic mass is 9.82. The van der Waals surface area contributed by atoms with Crippen molar-refractivity contribution in [3.05, 3.63) is 35.6 Å². The third-order valence-corrected chi connectivity index (χ3v) is 5.41. The molecule has 3 aliphatic heterocycles. The molecule has 4 rings (SSSR count). The minimum Gasteiger partial charge on any atom is -0.392 e. The second-order valence-corrected chi connectivity index (χ2v) is 7.07. The largest absolute Gasteiger partial charge is 0.392 e. The van der Waals surface area contributed by atoms with Gasteiger partial charge in [0.1, 0.15) is 11.4 Å². The average molecular weight is 333 g/mol. The van der Waals surface area contributed by atoms with Crippen molar-refractivity contribution in [2.75, 3.05) is 26.7 Å². The molecule has 3 heterocycles. The van der Waals surface area contributed by atoms with Gasteiger partial charge in [0.05, 0.1) is 12.1 Å². The number of halogens is 1. The third kappa shape index (κ3) is 2.19. The van der Waals surface area contributed by atoms with Crippen LogP contribution in [0.3, 0.4) is 0 Å². The summed E-state index contributed by atoms with van der Waals surface area (Å²) in [5.41, 5.74) is 0.119. The molecule has 0 bridgehead atoms. The summed E-state index contributed by atoms with van der Waals surface area (Å²) in [4.78, 5) is 30.2. The van der Waals surface area contributed by atoms with Gasteiger partial charge in [-0.25, -0.2) is 4.39 Å². The van der Waals surface area contributed by atoms with Crippen LogP contribution in [-0.2, 0) is 16.1 Å². The summed E-state index contributed by atoms with van der Waals surface area (Å²) >= 11 is 0. The molecule has 1 N–H and O–H groups in total. The summed E-state index contributed by atoms with van der Waals surface area (Å²) in [6.07, 6.45) is -0.199. The van der Waals surface area contributed by atoms with Crippen LogP contribution in [0.1, 0.15) is 12.0 Å². The van der Waals surface area contributed by atoms with E-state index in [4.69, 9.17) is 0 Å². The first-order valence-electron chi connectivity index (χ1n) is 8.14. The molecule has 24 heavy (non-hydrogen) atoms. The van der Waals surface area contributed by atoms with Gasteiger partial charge in [-0.2, -0.15) is 0 Å². The molecule has 0 saturated carbocycles. The number of likely N-dealkylation sites (N-methyl/N-ethyl adjacent to an activating group) is 1. The zero-order chi connectivity index (χ0) is 17.1. The van der Waals surface area contributed by atoms with E-state index < -0.39 is 17.7 Å². The highest BCUT2D eigenvalue weighted by molar-refractivity contribution is 6.05. The van der Waals surface area contributed by atoms with Gasteiger partial charge < -0.3 is 5.11 Å². The van der Waals surface area contributed by atoms with Crippen molar-refractivity contribution in [3.8, 4) is 0 Å². The molecule has 7 heteroatoms. The van der Waals surface area contributed by atoms with E-state index in [1.165, 1.54) is 24.1 Å². The Morgan fingerprint density at radius 2 is 2.08 bits per heavy atom. The minimum absolute atomic E-state index is 0.201. The van der Waals surface area contributed by atoms with E-state index >= 15 is 0 Å². The van der Waals surface area contributed by atoms with E-state index in [2.05, 4.69) is 4.90 Å². The number of rotatable bonds is 2. The lowest BCUT2D eigenvalue weighted by molar-refractivity contribution is -0.178. The van der Waals surface area contributed by atoms with E-state index in [1.54, 1.807) is 6.07 Å². The number of fused-ring (bicyclic) bond motifs is 2. The Balaban J connectivity index is 1.53. The molecule has 3 fully saturated rings. The lowest BCUT2D eigenvalue weighted by Gasteiger charge is -2.58. The Kier molecular flexibility index (Phi) is 3.49. The Hall–Kier alpha value is -1.83. The number of carbonyl (C=O) groups excluding carboxylic acids is 2. The van der Waals surface area contributed by atoms with E-state index in [-0.39, 0.29) is 17.6 Å². The fraction of sp³-hybridized carbons (Fsp3) is 0.529. The van der Waals surface area contributed by atoms with Crippen molar-refractivity contribution >= 4 is 11.8 Å². The summed E-state index contributed by atoms with van der Waals surface area (Å²) < 4.78 is 13.3. The molecular weight excluding hydrogens is 313 g/mol. The Bertz CT molecular complexity index is 704. The third-order valence-electron chi connectivity index (χ3n) is 5.41. The van der Waals surface area contributed by atoms with E-state index in [0.29, 0.717) is 32.6 Å². The molecule has 6 nitrogen and oxygen atoms in total. The highest BCUT2D eigenvalue weighted by atomic mass is 19.1. The number of benzene rings is 1. The number of aliphatic hydroxyl groups excluding tert-OH is 1. The fourth-order valence-electron chi connectivity index (χ4n) is 4.30. The van der Waals surface area contributed by atoms with Gasteiger partial charge in [-0.05, 0) is 24.1 Å². The predicted octanol–water partition coefficient (Wildman–Crippen LogP) is -0.186. The van der Waals surface area contributed by atoms with Gasteiger partial charge in [0.25, 0.3) is 5.91 Å². The van der Waals surface area contributed by atoms with Crippen LogP contribution >= 0.6 is 0 Å². The molecule has 128 valence electrons. The van der Waals surface area contributed by atoms with E-state index in [0.717, 1.165) is 5.56 Å². The van der Waals surface area contributed by atoms with Crippen LogP contribution in [-0.4, -0.2) is 76.0 Å². The van der Waals surface area contributed by atoms with Crippen LogP contribution in [0.4, 0.5) is 4.39 Å². The van der Waals surface area contributed by atoms with E-state index in [9.17, 15) is 19.1 Å². The predicted molar refractivity (Wildman–Crippen MR) is 83.3 cm³/mol. The van der Waals surface area contributed by atoms with Crippen LogP contribution in [0.25, 0.3) is 0 Å². The molecule has 1 aromatic carbocycles. The Morgan fingerprint density at radius 1 is 1.33 bits per heavy atom. The number of piperazine rings is 1. The molecular formula is C17H20FN3O3. The van der Waals surface area contributed by atoms with Crippen molar-refractivity contribution < 1.29 is 19.1 Å². The normalized spacial score (nSPS) is 29.9. The van der Waals surface area contributed by atoms with E-state index in [1.807, 2.05) is 11.0 Å². The smallest absolute Gasteiger partial charge is 0.252 e.